The predicted molar refractivity (Wildman–Crippen MR) is 77.8 cm³/mol. The van der Waals surface area contributed by atoms with Gasteiger partial charge < -0.3 is 14.2 Å². The largest absolute Gasteiger partial charge is 0.513 e. The van der Waals surface area contributed by atoms with Gasteiger partial charge in [-0.2, -0.15) is 0 Å². The summed E-state index contributed by atoms with van der Waals surface area (Å²) in [6.45, 7) is 3.34. The number of carbonyl (C=O) groups is 2. The smallest absolute Gasteiger partial charge is 0.437 e. The molecule has 0 aliphatic rings. The van der Waals surface area contributed by atoms with Crippen LogP contribution in [0.2, 0.25) is 5.02 Å². The zero-order valence-corrected chi connectivity index (χ0v) is 11.8. The number of esters is 1. The second-order valence-electron chi connectivity index (χ2n) is 3.93. The molecule has 0 heterocycles. The molecule has 2 aromatic carbocycles. The Hall–Kier alpha value is -2.53. The van der Waals surface area contributed by atoms with Crippen LogP contribution in [0.5, 0.6) is 11.5 Å². The highest BCUT2D eigenvalue weighted by Gasteiger charge is 2.13. The molecule has 0 aliphatic carbocycles. The molecular formula is C15H11ClO5. The molecule has 5 nitrogen and oxygen atoms in total. The maximum absolute atomic E-state index is 11.3. The lowest BCUT2D eigenvalue weighted by Crippen LogP contribution is -2.08. The monoisotopic (exact) mass is 306 g/mol. The second-order valence-corrected chi connectivity index (χ2v) is 4.37. The summed E-state index contributed by atoms with van der Waals surface area (Å²) in [7, 11) is 1.21. The summed E-state index contributed by atoms with van der Waals surface area (Å²) >= 11 is 5.95. The van der Waals surface area contributed by atoms with Gasteiger partial charge in [0.05, 0.1) is 7.11 Å². The first-order valence-electron chi connectivity index (χ1n) is 5.87. The highest BCUT2D eigenvalue weighted by molar-refractivity contribution is 6.31. The number of benzene rings is 2. The predicted octanol–water partition coefficient (Wildman–Crippen LogP) is 3.73. The molecular weight excluding hydrogens is 296 g/mol. The van der Waals surface area contributed by atoms with Gasteiger partial charge in [-0.05, 0) is 30.3 Å². The molecule has 21 heavy (non-hydrogen) atoms. The van der Waals surface area contributed by atoms with Crippen molar-refractivity contribution >= 4 is 34.5 Å². The molecule has 0 radical (unpaired) electrons. The molecule has 6 heteroatoms. The number of hydrogen-bond acceptors (Lipinski definition) is 5. The van der Waals surface area contributed by atoms with Gasteiger partial charge in [0.15, 0.2) is 0 Å². The van der Waals surface area contributed by atoms with Crippen molar-refractivity contribution in [3.63, 3.8) is 0 Å². The van der Waals surface area contributed by atoms with Gasteiger partial charge in [0.2, 0.25) is 0 Å². The second kappa shape index (κ2) is 6.28. The Morgan fingerprint density at radius 3 is 2.38 bits per heavy atom. The Kier molecular flexibility index (Phi) is 4.45. The van der Waals surface area contributed by atoms with E-state index in [1.165, 1.54) is 19.2 Å². The number of halogens is 1. The lowest BCUT2D eigenvalue weighted by atomic mass is 10.1. The minimum absolute atomic E-state index is 0.248. The minimum Gasteiger partial charge on any atom is -0.437 e. The summed E-state index contributed by atoms with van der Waals surface area (Å²) in [6.07, 6.45) is 0.202. The zero-order valence-electron chi connectivity index (χ0n) is 11.1. The van der Waals surface area contributed by atoms with Gasteiger partial charge in [-0.15, -0.1) is 0 Å². The van der Waals surface area contributed by atoms with Crippen LogP contribution in [-0.2, 0) is 9.53 Å². The van der Waals surface area contributed by atoms with Crippen molar-refractivity contribution in [1.29, 1.82) is 0 Å². The molecule has 2 aromatic rings. The van der Waals surface area contributed by atoms with Crippen LogP contribution in [0.1, 0.15) is 0 Å². The van der Waals surface area contributed by atoms with Crippen LogP contribution < -0.4 is 9.47 Å². The molecule has 108 valence electrons. The van der Waals surface area contributed by atoms with E-state index in [4.69, 9.17) is 21.1 Å². The van der Waals surface area contributed by atoms with Crippen molar-refractivity contribution in [3.05, 3.63) is 48.0 Å². The molecule has 0 fully saturated rings. The molecule has 2 rings (SSSR count). The third-order valence-electron chi connectivity index (χ3n) is 2.64. The average Bonchev–Trinajstić information content (AvgIpc) is 2.49. The lowest BCUT2D eigenvalue weighted by molar-refractivity contribution is -0.128. The number of hydrogen-bond donors (Lipinski definition) is 0. The Balaban J connectivity index is 2.55. The van der Waals surface area contributed by atoms with Crippen LogP contribution in [0.15, 0.2) is 43.0 Å². The number of fused-ring (bicyclic) bond motifs is 1. The minimum atomic E-state index is -0.855. The molecule has 0 amide bonds. The topological polar surface area (TPSA) is 61.8 Å². The van der Waals surface area contributed by atoms with E-state index in [0.717, 1.165) is 6.08 Å². The van der Waals surface area contributed by atoms with Crippen molar-refractivity contribution in [2.24, 2.45) is 0 Å². The van der Waals surface area contributed by atoms with Crippen molar-refractivity contribution in [2.75, 3.05) is 7.11 Å². The fourth-order valence-corrected chi connectivity index (χ4v) is 1.90. The molecule has 0 spiro atoms. The Morgan fingerprint density at radius 1 is 1.10 bits per heavy atom. The van der Waals surface area contributed by atoms with Crippen molar-refractivity contribution in [3.8, 4) is 11.5 Å². The Labute approximate surface area is 125 Å². The molecule has 0 saturated heterocycles. The van der Waals surface area contributed by atoms with Crippen LogP contribution >= 0.6 is 11.6 Å². The van der Waals surface area contributed by atoms with Gasteiger partial charge in [0.1, 0.15) is 11.5 Å². The highest BCUT2D eigenvalue weighted by Crippen LogP contribution is 2.35. The van der Waals surface area contributed by atoms with Gasteiger partial charge >= 0.3 is 12.1 Å². The number of ether oxygens (including phenoxy) is 3. The normalized spacial score (nSPS) is 10.0. The van der Waals surface area contributed by atoms with Gasteiger partial charge in [0.25, 0.3) is 0 Å². The maximum Gasteiger partial charge on any atom is 0.513 e. The third kappa shape index (κ3) is 3.32. The number of methoxy groups -OCH3 is 1. The van der Waals surface area contributed by atoms with E-state index in [2.05, 4.69) is 11.3 Å². The molecule has 0 aliphatic heterocycles. The van der Waals surface area contributed by atoms with Crippen molar-refractivity contribution in [2.45, 2.75) is 0 Å². The van der Waals surface area contributed by atoms with Gasteiger partial charge in [-0.3, -0.25) is 0 Å². The first-order chi connectivity index (χ1) is 10.0. The van der Waals surface area contributed by atoms with E-state index >= 15 is 0 Å². The Bertz CT molecular complexity index is 723. The summed E-state index contributed by atoms with van der Waals surface area (Å²) in [5.74, 6) is -0.0329. The number of rotatable bonds is 3. The molecule has 0 bridgehead atoms. The van der Waals surface area contributed by atoms with Crippen LogP contribution in [0.3, 0.4) is 0 Å². The lowest BCUT2D eigenvalue weighted by Gasteiger charge is -2.10. The first-order valence-corrected chi connectivity index (χ1v) is 6.25. The maximum atomic E-state index is 11.3. The van der Waals surface area contributed by atoms with Crippen LogP contribution in [-0.4, -0.2) is 19.2 Å². The number of carbonyl (C=O) groups excluding carboxylic acids is 2. The van der Waals surface area contributed by atoms with E-state index in [1.807, 2.05) is 0 Å². The fraction of sp³-hybridized carbons (Fsp3) is 0.0667. The molecule has 0 atom stereocenters. The van der Waals surface area contributed by atoms with E-state index in [0.29, 0.717) is 21.5 Å². The van der Waals surface area contributed by atoms with E-state index < -0.39 is 12.1 Å². The molecule has 0 aromatic heterocycles. The van der Waals surface area contributed by atoms with E-state index in [1.54, 1.807) is 18.2 Å². The molecule has 0 N–H and O–H groups in total. The zero-order chi connectivity index (χ0) is 15.4. The van der Waals surface area contributed by atoms with Crippen molar-refractivity contribution < 1.29 is 23.8 Å². The standard InChI is InChI=1S/C15H11ClO5/c1-3-14(17)20-12-6-7-13(21-15(18)19-2)11-8-9(16)4-5-10(11)12/h3-8H,1H2,2H3. The van der Waals surface area contributed by atoms with Crippen LogP contribution in [0.25, 0.3) is 10.8 Å². The van der Waals surface area contributed by atoms with Crippen LogP contribution in [0, 0.1) is 0 Å². The molecule has 0 unspecified atom stereocenters. The van der Waals surface area contributed by atoms with Gasteiger partial charge in [0, 0.05) is 21.9 Å². The quantitative estimate of drug-likeness (QED) is 0.374. The molecule has 0 saturated carbocycles. The van der Waals surface area contributed by atoms with Crippen molar-refractivity contribution in [1.82, 2.24) is 0 Å². The summed E-state index contributed by atoms with van der Waals surface area (Å²) in [5, 5.41) is 1.53. The van der Waals surface area contributed by atoms with Gasteiger partial charge in [-0.1, -0.05) is 18.2 Å². The Morgan fingerprint density at radius 2 is 1.76 bits per heavy atom. The first kappa shape index (κ1) is 14.9. The summed E-state index contributed by atoms with van der Waals surface area (Å²) in [6, 6.07) is 7.89. The SMILES string of the molecule is C=CC(=O)Oc1ccc(OC(=O)OC)c2cc(Cl)ccc12. The van der Waals surface area contributed by atoms with Gasteiger partial charge in [-0.25, -0.2) is 9.59 Å². The average molecular weight is 307 g/mol. The summed E-state index contributed by atoms with van der Waals surface area (Å²) in [5.41, 5.74) is 0. The summed E-state index contributed by atoms with van der Waals surface area (Å²) < 4.78 is 14.6. The fourth-order valence-electron chi connectivity index (χ4n) is 1.73. The highest BCUT2D eigenvalue weighted by atomic mass is 35.5. The summed E-state index contributed by atoms with van der Waals surface area (Å²) in [4.78, 5) is 22.6. The van der Waals surface area contributed by atoms with Crippen LogP contribution in [0.4, 0.5) is 4.79 Å². The van der Waals surface area contributed by atoms with E-state index in [-0.39, 0.29) is 5.75 Å². The van der Waals surface area contributed by atoms with E-state index in [9.17, 15) is 9.59 Å². The third-order valence-corrected chi connectivity index (χ3v) is 2.87.